The Balaban J connectivity index is 1.52. The first-order valence-corrected chi connectivity index (χ1v) is 8.20. The van der Waals surface area contributed by atoms with E-state index in [4.69, 9.17) is 4.74 Å². The first-order chi connectivity index (χ1) is 11.6. The predicted molar refractivity (Wildman–Crippen MR) is 94.1 cm³/mol. The van der Waals surface area contributed by atoms with Gasteiger partial charge in [0.25, 0.3) is 0 Å². The molecule has 3 rings (SSSR count). The molecule has 1 unspecified atom stereocenters. The van der Waals surface area contributed by atoms with E-state index in [2.05, 4.69) is 10.3 Å². The first-order valence-electron chi connectivity index (χ1n) is 8.20. The Labute approximate surface area is 141 Å². The summed E-state index contributed by atoms with van der Waals surface area (Å²) >= 11 is 0. The number of benzene rings is 1. The van der Waals surface area contributed by atoms with Crippen LogP contribution >= 0.6 is 0 Å². The maximum atomic E-state index is 10.3. The summed E-state index contributed by atoms with van der Waals surface area (Å²) in [5.41, 5.74) is 2.75. The molecule has 0 amide bonds. The number of nitrogens with zero attached hydrogens (tertiary/aromatic N) is 2. The smallest absolute Gasteiger partial charge is 0.137 e. The van der Waals surface area contributed by atoms with Crippen molar-refractivity contribution in [2.75, 3.05) is 6.54 Å². The summed E-state index contributed by atoms with van der Waals surface area (Å²) in [6.07, 6.45) is 3.55. The number of imidazole rings is 1. The molecule has 5 heteroatoms. The molecule has 2 N–H and O–H groups in total. The molecule has 0 spiro atoms. The van der Waals surface area contributed by atoms with E-state index < -0.39 is 6.10 Å². The molecule has 5 nitrogen and oxygen atoms in total. The molecule has 0 radical (unpaired) electrons. The third-order valence-corrected chi connectivity index (χ3v) is 3.69. The van der Waals surface area contributed by atoms with E-state index in [-0.39, 0.29) is 6.10 Å². The lowest BCUT2D eigenvalue weighted by molar-refractivity contribution is 0.174. The predicted octanol–water partition coefficient (Wildman–Crippen LogP) is 2.94. The highest BCUT2D eigenvalue weighted by Crippen LogP contribution is 2.18. The number of aliphatic hydroxyl groups is 1. The van der Waals surface area contributed by atoms with Gasteiger partial charge in [-0.25, -0.2) is 4.98 Å². The van der Waals surface area contributed by atoms with E-state index in [1.54, 1.807) is 0 Å². The Morgan fingerprint density at radius 3 is 2.67 bits per heavy atom. The molecule has 2 heterocycles. The Kier molecular flexibility index (Phi) is 5.13. The average molecular weight is 325 g/mol. The van der Waals surface area contributed by atoms with Crippen molar-refractivity contribution in [1.29, 1.82) is 0 Å². The molecule has 0 aliphatic rings. The summed E-state index contributed by atoms with van der Waals surface area (Å²) in [6, 6.07) is 13.5. The van der Waals surface area contributed by atoms with Crippen molar-refractivity contribution < 1.29 is 9.84 Å². The molecule has 126 valence electrons. The van der Waals surface area contributed by atoms with Crippen LogP contribution in [0.4, 0.5) is 0 Å². The van der Waals surface area contributed by atoms with Crippen molar-refractivity contribution in [3.05, 3.63) is 66.1 Å². The maximum Gasteiger partial charge on any atom is 0.137 e. The zero-order valence-corrected chi connectivity index (χ0v) is 14.0. The van der Waals surface area contributed by atoms with Crippen LogP contribution < -0.4 is 10.1 Å². The maximum absolute atomic E-state index is 10.3. The van der Waals surface area contributed by atoms with Gasteiger partial charge in [-0.05, 0) is 43.7 Å². The lowest BCUT2D eigenvalue weighted by Gasteiger charge is -2.14. The van der Waals surface area contributed by atoms with Gasteiger partial charge in [-0.3, -0.25) is 0 Å². The van der Waals surface area contributed by atoms with Gasteiger partial charge in [0, 0.05) is 25.5 Å². The van der Waals surface area contributed by atoms with E-state index in [0.29, 0.717) is 13.1 Å². The summed E-state index contributed by atoms with van der Waals surface area (Å²) < 4.78 is 7.60. The standard InChI is InChI=1S/C19H23N3O2/c1-14(2)24-17-8-6-15(7-9-17)18(23)12-20-11-16-13-22-10-4-3-5-19(22)21-16/h3-10,13-14,18,20,23H,11-12H2,1-2H3. The monoisotopic (exact) mass is 325 g/mol. The number of nitrogens with one attached hydrogen (secondary N) is 1. The molecular weight excluding hydrogens is 302 g/mol. The van der Waals surface area contributed by atoms with E-state index in [1.807, 2.05) is 73.1 Å². The van der Waals surface area contributed by atoms with E-state index in [9.17, 15) is 5.11 Å². The van der Waals surface area contributed by atoms with Crippen LogP contribution in [0.15, 0.2) is 54.9 Å². The number of rotatable bonds is 7. The SMILES string of the molecule is CC(C)Oc1ccc(C(O)CNCc2cn3ccccc3n2)cc1. The fraction of sp³-hybridized carbons (Fsp3) is 0.316. The summed E-state index contributed by atoms with van der Waals surface area (Å²) in [6.45, 7) is 5.07. The summed E-state index contributed by atoms with van der Waals surface area (Å²) in [5, 5.41) is 13.5. The summed E-state index contributed by atoms with van der Waals surface area (Å²) in [7, 11) is 0. The molecule has 3 aromatic rings. The molecule has 0 bridgehead atoms. The van der Waals surface area contributed by atoms with Crippen molar-refractivity contribution in [2.24, 2.45) is 0 Å². The quantitative estimate of drug-likeness (QED) is 0.701. The minimum absolute atomic E-state index is 0.146. The minimum Gasteiger partial charge on any atom is -0.491 e. The van der Waals surface area contributed by atoms with Crippen LogP contribution in [0, 0.1) is 0 Å². The molecule has 2 aromatic heterocycles. The van der Waals surface area contributed by atoms with Gasteiger partial charge >= 0.3 is 0 Å². The number of ether oxygens (including phenoxy) is 1. The fourth-order valence-corrected chi connectivity index (χ4v) is 2.57. The van der Waals surface area contributed by atoms with Gasteiger partial charge in [0.05, 0.1) is 17.9 Å². The molecule has 0 saturated carbocycles. The van der Waals surface area contributed by atoms with Gasteiger partial charge in [-0.2, -0.15) is 0 Å². The lowest BCUT2D eigenvalue weighted by Crippen LogP contribution is -2.21. The van der Waals surface area contributed by atoms with E-state index in [1.165, 1.54) is 0 Å². The second kappa shape index (κ2) is 7.47. The van der Waals surface area contributed by atoms with Crippen molar-refractivity contribution in [3.8, 4) is 5.75 Å². The molecular formula is C19H23N3O2. The molecule has 1 atom stereocenters. The third-order valence-electron chi connectivity index (χ3n) is 3.69. The van der Waals surface area contributed by atoms with Crippen molar-refractivity contribution in [1.82, 2.24) is 14.7 Å². The zero-order valence-electron chi connectivity index (χ0n) is 14.0. The number of hydrogen-bond donors (Lipinski definition) is 2. The van der Waals surface area contributed by atoms with Crippen LogP contribution in [0.2, 0.25) is 0 Å². The minimum atomic E-state index is -0.560. The van der Waals surface area contributed by atoms with Crippen molar-refractivity contribution >= 4 is 5.65 Å². The third kappa shape index (κ3) is 4.13. The number of fused-ring (bicyclic) bond motifs is 1. The molecule has 1 aromatic carbocycles. The van der Waals surface area contributed by atoms with Gasteiger partial charge < -0.3 is 19.6 Å². The van der Waals surface area contributed by atoms with E-state index in [0.717, 1.165) is 22.7 Å². The number of aromatic nitrogens is 2. The second-order valence-electron chi connectivity index (χ2n) is 6.08. The lowest BCUT2D eigenvalue weighted by atomic mass is 10.1. The Bertz CT molecular complexity index is 748. The van der Waals surface area contributed by atoms with Crippen LogP contribution in [-0.4, -0.2) is 27.1 Å². The van der Waals surface area contributed by atoms with Crippen molar-refractivity contribution in [3.63, 3.8) is 0 Å². The highest BCUT2D eigenvalue weighted by Gasteiger charge is 2.08. The molecule has 0 aliphatic carbocycles. The molecule has 24 heavy (non-hydrogen) atoms. The van der Waals surface area contributed by atoms with E-state index >= 15 is 0 Å². The zero-order chi connectivity index (χ0) is 16.9. The fourth-order valence-electron chi connectivity index (χ4n) is 2.57. The summed E-state index contributed by atoms with van der Waals surface area (Å²) in [5.74, 6) is 0.818. The highest BCUT2D eigenvalue weighted by atomic mass is 16.5. The Morgan fingerprint density at radius 1 is 1.17 bits per heavy atom. The topological polar surface area (TPSA) is 58.8 Å². The molecule has 0 fully saturated rings. The van der Waals surface area contributed by atoms with Crippen LogP contribution in [0.25, 0.3) is 5.65 Å². The van der Waals surface area contributed by atoms with Crippen LogP contribution in [0.3, 0.4) is 0 Å². The van der Waals surface area contributed by atoms with Gasteiger partial charge in [-0.1, -0.05) is 18.2 Å². The van der Waals surface area contributed by atoms with Crippen molar-refractivity contribution in [2.45, 2.75) is 32.6 Å². The van der Waals surface area contributed by atoms with Gasteiger partial charge in [0.15, 0.2) is 0 Å². The molecule has 0 aliphatic heterocycles. The second-order valence-corrected chi connectivity index (χ2v) is 6.08. The largest absolute Gasteiger partial charge is 0.491 e. The molecule has 0 saturated heterocycles. The van der Waals surface area contributed by atoms with Gasteiger partial charge in [0.2, 0.25) is 0 Å². The van der Waals surface area contributed by atoms with Crippen LogP contribution in [0.1, 0.15) is 31.2 Å². The van der Waals surface area contributed by atoms with Gasteiger partial charge in [0.1, 0.15) is 11.4 Å². The number of hydrogen-bond acceptors (Lipinski definition) is 4. The average Bonchev–Trinajstić information content (AvgIpc) is 2.97. The summed E-state index contributed by atoms with van der Waals surface area (Å²) in [4.78, 5) is 4.52. The normalized spacial score (nSPS) is 12.7. The number of pyridine rings is 1. The Morgan fingerprint density at radius 2 is 1.96 bits per heavy atom. The number of aliphatic hydroxyl groups excluding tert-OH is 1. The first kappa shape index (κ1) is 16.5. The van der Waals surface area contributed by atoms with Gasteiger partial charge in [-0.15, -0.1) is 0 Å². The van der Waals surface area contributed by atoms with Crippen LogP contribution in [0.5, 0.6) is 5.75 Å². The van der Waals surface area contributed by atoms with Crippen LogP contribution in [-0.2, 0) is 6.54 Å². The highest BCUT2D eigenvalue weighted by molar-refractivity contribution is 5.39. The Hall–Kier alpha value is -2.37.